The van der Waals surface area contributed by atoms with E-state index in [-0.39, 0.29) is 23.9 Å². The molecule has 2 amide bonds. The van der Waals surface area contributed by atoms with E-state index in [1.807, 2.05) is 58.7 Å². The van der Waals surface area contributed by atoms with Crippen LogP contribution in [0.15, 0.2) is 41.1 Å². The summed E-state index contributed by atoms with van der Waals surface area (Å²) in [5.74, 6) is 0.0577. The van der Waals surface area contributed by atoms with Gasteiger partial charge in [0.15, 0.2) is 0 Å². The van der Waals surface area contributed by atoms with Gasteiger partial charge in [0.25, 0.3) is 11.8 Å². The molecule has 0 spiro atoms. The maximum Gasteiger partial charge on any atom is 0.273 e. The number of rotatable bonds is 2. The summed E-state index contributed by atoms with van der Waals surface area (Å²) in [6.07, 6.45) is 0.963. The fraction of sp³-hybridized carbons (Fsp3) is 0.318. The van der Waals surface area contributed by atoms with Gasteiger partial charge >= 0.3 is 0 Å². The van der Waals surface area contributed by atoms with Gasteiger partial charge in [-0.05, 0) is 49.4 Å². The second-order valence-corrected chi connectivity index (χ2v) is 8.57. The third-order valence-corrected chi connectivity index (χ3v) is 6.73. The maximum absolute atomic E-state index is 13.1. The number of aryl methyl sites for hydroxylation is 2. The summed E-state index contributed by atoms with van der Waals surface area (Å²) in [4.78, 5) is 34.3. The summed E-state index contributed by atoms with van der Waals surface area (Å²) in [5, 5.41) is 4.96. The molecule has 142 valence electrons. The van der Waals surface area contributed by atoms with Crippen molar-refractivity contribution in [3.8, 4) is 0 Å². The Balaban J connectivity index is 1.34. The lowest BCUT2D eigenvalue weighted by atomic mass is 9.86. The van der Waals surface area contributed by atoms with Gasteiger partial charge in [0, 0.05) is 23.9 Å². The van der Waals surface area contributed by atoms with E-state index >= 15 is 0 Å². The van der Waals surface area contributed by atoms with E-state index in [1.54, 1.807) is 11.3 Å². The molecule has 5 heterocycles. The molecule has 1 aromatic carbocycles. The fourth-order valence-corrected chi connectivity index (χ4v) is 5.18. The molecule has 0 unspecified atom stereocenters. The number of carbonyl (C=O) groups excluding carboxylic acids is 2. The number of aromatic nitrogens is 1. The van der Waals surface area contributed by atoms with Gasteiger partial charge in [-0.15, -0.1) is 0 Å². The minimum Gasteiger partial charge on any atom is -0.334 e. The summed E-state index contributed by atoms with van der Waals surface area (Å²) in [7, 11) is 0. The number of carbonyl (C=O) groups is 2. The molecular weight excluding hydrogens is 370 g/mol. The highest BCUT2D eigenvalue weighted by Gasteiger charge is 2.48. The Bertz CT molecular complexity index is 1090. The van der Waals surface area contributed by atoms with Crippen molar-refractivity contribution in [2.75, 3.05) is 13.1 Å². The van der Waals surface area contributed by atoms with Crippen molar-refractivity contribution in [2.45, 2.75) is 32.4 Å². The number of nitrogens with zero attached hydrogens (tertiary/aromatic N) is 3. The number of hydrogen-bond donors (Lipinski definition) is 0. The number of amides is 2. The van der Waals surface area contributed by atoms with Crippen LogP contribution in [-0.2, 0) is 0 Å². The zero-order chi connectivity index (χ0) is 19.4. The summed E-state index contributed by atoms with van der Waals surface area (Å²) < 4.78 is 0. The monoisotopic (exact) mass is 391 g/mol. The van der Waals surface area contributed by atoms with Crippen LogP contribution in [0.4, 0.5) is 0 Å². The second-order valence-electron chi connectivity index (χ2n) is 7.83. The SMILES string of the molecule is Cc1ccc2nc(C(=O)N3[C@@H]4C[C@H]3CN(C(=O)c3cscc3C)C4)ccc2c1. The Hall–Kier alpha value is -2.73. The highest BCUT2D eigenvalue weighted by atomic mass is 32.1. The van der Waals surface area contributed by atoms with Gasteiger partial charge in [0.05, 0.1) is 23.2 Å². The van der Waals surface area contributed by atoms with Crippen LogP contribution in [-0.4, -0.2) is 51.8 Å². The molecule has 28 heavy (non-hydrogen) atoms. The number of hydrogen-bond acceptors (Lipinski definition) is 4. The topological polar surface area (TPSA) is 53.5 Å². The molecule has 2 aromatic heterocycles. The second kappa shape index (κ2) is 6.41. The number of piperidine rings is 1. The first-order valence-electron chi connectivity index (χ1n) is 9.53. The van der Waals surface area contributed by atoms with Gasteiger partial charge in [-0.1, -0.05) is 17.7 Å². The van der Waals surface area contributed by atoms with Crippen LogP contribution in [0.3, 0.4) is 0 Å². The molecule has 0 aliphatic carbocycles. The average Bonchev–Trinajstić information content (AvgIpc) is 3.12. The lowest BCUT2D eigenvalue weighted by Crippen LogP contribution is -2.70. The lowest BCUT2D eigenvalue weighted by molar-refractivity contribution is -0.0400. The van der Waals surface area contributed by atoms with E-state index in [0.717, 1.165) is 28.5 Å². The normalized spacial score (nSPS) is 20.9. The van der Waals surface area contributed by atoms with Crippen molar-refractivity contribution in [1.29, 1.82) is 0 Å². The van der Waals surface area contributed by atoms with Crippen LogP contribution in [0.1, 0.15) is 38.4 Å². The molecule has 3 fully saturated rings. The van der Waals surface area contributed by atoms with Crippen LogP contribution >= 0.6 is 11.3 Å². The molecule has 3 aromatic rings. The van der Waals surface area contributed by atoms with Crippen LogP contribution < -0.4 is 0 Å². The van der Waals surface area contributed by atoms with Crippen molar-refractivity contribution >= 4 is 34.1 Å². The zero-order valence-corrected chi connectivity index (χ0v) is 16.7. The zero-order valence-electron chi connectivity index (χ0n) is 15.9. The molecule has 6 heteroatoms. The maximum atomic E-state index is 13.1. The molecule has 3 aliphatic rings. The number of fused-ring (bicyclic) bond motifs is 3. The fourth-order valence-electron chi connectivity index (χ4n) is 4.35. The van der Waals surface area contributed by atoms with Gasteiger partial charge in [0.1, 0.15) is 5.69 Å². The van der Waals surface area contributed by atoms with Crippen molar-refractivity contribution < 1.29 is 9.59 Å². The predicted octanol–water partition coefficient (Wildman–Crippen LogP) is 3.65. The Morgan fingerprint density at radius 1 is 1.04 bits per heavy atom. The average molecular weight is 391 g/mol. The van der Waals surface area contributed by atoms with E-state index in [1.165, 1.54) is 5.56 Å². The number of piperazine rings is 1. The van der Waals surface area contributed by atoms with Crippen LogP contribution in [0.2, 0.25) is 0 Å². The van der Waals surface area contributed by atoms with E-state index in [4.69, 9.17) is 0 Å². The summed E-state index contributed by atoms with van der Waals surface area (Å²) in [5.41, 5.74) is 4.32. The Morgan fingerprint density at radius 3 is 2.54 bits per heavy atom. The molecule has 0 N–H and O–H groups in total. The quantitative estimate of drug-likeness (QED) is 0.670. The van der Waals surface area contributed by atoms with Crippen LogP contribution in [0.5, 0.6) is 0 Å². The molecular formula is C22H21N3O2S. The molecule has 6 rings (SSSR count). The number of benzene rings is 1. The van der Waals surface area contributed by atoms with Crippen molar-refractivity contribution in [3.05, 3.63) is 63.5 Å². The Kier molecular flexibility index (Phi) is 3.98. The molecule has 0 saturated carbocycles. The first kappa shape index (κ1) is 17.4. The van der Waals surface area contributed by atoms with Crippen LogP contribution in [0, 0.1) is 13.8 Å². The molecule has 3 aliphatic heterocycles. The van der Waals surface area contributed by atoms with Gasteiger partial charge in [-0.2, -0.15) is 11.3 Å². The predicted molar refractivity (Wildman–Crippen MR) is 110 cm³/mol. The van der Waals surface area contributed by atoms with Gasteiger partial charge < -0.3 is 9.80 Å². The first-order valence-corrected chi connectivity index (χ1v) is 10.5. The lowest BCUT2D eigenvalue weighted by Gasteiger charge is -2.56. The molecule has 3 saturated heterocycles. The van der Waals surface area contributed by atoms with Gasteiger partial charge in [-0.3, -0.25) is 9.59 Å². The van der Waals surface area contributed by atoms with Crippen molar-refractivity contribution in [2.24, 2.45) is 0 Å². The van der Waals surface area contributed by atoms with E-state index in [9.17, 15) is 9.59 Å². The third-order valence-electron chi connectivity index (χ3n) is 5.86. The first-order chi connectivity index (χ1) is 13.5. The molecule has 2 atom stereocenters. The van der Waals surface area contributed by atoms with Crippen molar-refractivity contribution in [3.63, 3.8) is 0 Å². The summed E-state index contributed by atoms with van der Waals surface area (Å²) >= 11 is 1.55. The molecule has 5 nitrogen and oxygen atoms in total. The summed E-state index contributed by atoms with van der Waals surface area (Å²) in [6, 6.07) is 10.0. The standard InChI is InChI=1S/C22H21N3O2S/c1-13-3-5-19-15(7-13)4-6-20(23-19)22(27)25-16-8-17(25)10-24(9-16)21(26)18-12-28-11-14(18)2/h3-7,11-12,16-17H,8-10H2,1-2H3/t16-,17+. The van der Waals surface area contributed by atoms with E-state index < -0.39 is 0 Å². The molecule has 2 bridgehead atoms. The minimum atomic E-state index is -0.0254. The highest BCUT2D eigenvalue weighted by molar-refractivity contribution is 7.08. The number of pyridine rings is 1. The Labute approximate surface area is 167 Å². The largest absolute Gasteiger partial charge is 0.334 e. The van der Waals surface area contributed by atoms with Crippen molar-refractivity contribution in [1.82, 2.24) is 14.8 Å². The van der Waals surface area contributed by atoms with E-state index in [2.05, 4.69) is 11.1 Å². The Morgan fingerprint density at radius 2 is 1.82 bits per heavy atom. The summed E-state index contributed by atoms with van der Waals surface area (Å²) in [6.45, 7) is 5.22. The van der Waals surface area contributed by atoms with Gasteiger partial charge in [0.2, 0.25) is 0 Å². The van der Waals surface area contributed by atoms with Crippen LogP contribution in [0.25, 0.3) is 10.9 Å². The highest BCUT2D eigenvalue weighted by Crippen LogP contribution is 2.34. The van der Waals surface area contributed by atoms with Gasteiger partial charge in [-0.25, -0.2) is 4.98 Å². The van der Waals surface area contributed by atoms with E-state index in [0.29, 0.717) is 18.8 Å². The smallest absolute Gasteiger partial charge is 0.273 e. The molecule has 0 radical (unpaired) electrons. The minimum absolute atomic E-state index is 0.0254. The third kappa shape index (κ3) is 2.71. The number of thiophene rings is 1.